The van der Waals surface area contributed by atoms with Crippen molar-refractivity contribution in [3.05, 3.63) is 12.7 Å². The highest BCUT2D eigenvalue weighted by Crippen LogP contribution is 2.19. The standard InChI is InChI=1S/C10H18O/c1-2-9-11-10-7-5-3-4-6-8-10/h2,10H,1,3-9H2. The average molecular weight is 154 g/mol. The minimum Gasteiger partial charge on any atom is -0.374 e. The van der Waals surface area contributed by atoms with E-state index in [1.807, 2.05) is 6.08 Å². The molecular weight excluding hydrogens is 136 g/mol. The van der Waals surface area contributed by atoms with Crippen molar-refractivity contribution >= 4 is 0 Å². The van der Waals surface area contributed by atoms with Crippen molar-refractivity contribution in [2.75, 3.05) is 6.61 Å². The van der Waals surface area contributed by atoms with Crippen LogP contribution in [-0.2, 0) is 4.74 Å². The van der Waals surface area contributed by atoms with E-state index in [0.717, 1.165) is 6.61 Å². The van der Waals surface area contributed by atoms with Crippen LogP contribution in [0, 0.1) is 0 Å². The quantitative estimate of drug-likeness (QED) is 0.448. The second kappa shape index (κ2) is 5.36. The SMILES string of the molecule is C=CCOC1CCCCCC1. The largest absolute Gasteiger partial charge is 0.374 e. The molecule has 1 aliphatic rings. The summed E-state index contributed by atoms with van der Waals surface area (Å²) in [6.07, 6.45) is 10.4. The van der Waals surface area contributed by atoms with E-state index in [2.05, 4.69) is 6.58 Å². The predicted molar refractivity (Wildman–Crippen MR) is 47.6 cm³/mol. The Morgan fingerprint density at radius 2 is 1.82 bits per heavy atom. The van der Waals surface area contributed by atoms with E-state index in [0.29, 0.717) is 6.10 Å². The van der Waals surface area contributed by atoms with Gasteiger partial charge in [0.15, 0.2) is 0 Å². The van der Waals surface area contributed by atoms with Crippen molar-refractivity contribution in [2.45, 2.75) is 44.6 Å². The van der Waals surface area contributed by atoms with Gasteiger partial charge in [0.2, 0.25) is 0 Å². The van der Waals surface area contributed by atoms with Crippen molar-refractivity contribution < 1.29 is 4.74 Å². The Morgan fingerprint density at radius 3 is 2.36 bits per heavy atom. The minimum absolute atomic E-state index is 0.524. The number of ether oxygens (including phenoxy) is 1. The highest BCUT2D eigenvalue weighted by Gasteiger charge is 2.10. The zero-order valence-electron chi connectivity index (χ0n) is 7.22. The van der Waals surface area contributed by atoms with E-state index in [1.165, 1.54) is 38.5 Å². The van der Waals surface area contributed by atoms with Crippen LogP contribution in [0.1, 0.15) is 38.5 Å². The van der Waals surface area contributed by atoms with Gasteiger partial charge in [-0.15, -0.1) is 6.58 Å². The first-order valence-electron chi connectivity index (χ1n) is 4.66. The highest BCUT2D eigenvalue weighted by molar-refractivity contribution is 4.69. The predicted octanol–water partition coefficient (Wildman–Crippen LogP) is 2.91. The van der Waals surface area contributed by atoms with Crippen LogP contribution in [0.15, 0.2) is 12.7 Å². The molecule has 64 valence electrons. The van der Waals surface area contributed by atoms with Gasteiger partial charge in [-0.2, -0.15) is 0 Å². The maximum Gasteiger partial charge on any atom is 0.0648 e. The second-order valence-corrected chi connectivity index (χ2v) is 3.24. The van der Waals surface area contributed by atoms with Crippen LogP contribution in [0.2, 0.25) is 0 Å². The molecule has 1 saturated carbocycles. The van der Waals surface area contributed by atoms with Crippen LogP contribution in [-0.4, -0.2) is 12.7 Å². The first-order valence-corrected chi connectivity index (χ1v) is 4.66. The van der Waals surface area contributed by atoms with Crippen LogP contribution in [0.25, 0.3) is 0 Å². The summed E-state index contributed by atoms with van der Waals surface area (Å²) in [7, 11) is 0. The van der Waals surface area contributed by atoms with Gasteiger partial charge >= 0.3 is 0 Å². The molecule has 1 aliphatic carbocycles. The number of hydrogen-bond donors (Lipinski definition) is 0. The lowest BCUT2D eigenvalue weighted by Crippen LogP contribution is -2.11. The molecule has 0 bridgehead atoms. The van der Waals surface area contributed by atoms with Gasteiger partial charge in [0.05, 0.1) is 12.7 Å². The first kappa shape index (κ1) is 8.79. The Labute approximate surface area is 69.4 Å². The summed E-state index contributed by atoms with van der Waals surface area (Å²) >= 11 is 0. The van der Waals surface area contributed by atoms with E-state index in [4.69, 9.17) is 4.74 Å². The van der Waals surface area contributed by atoms with Crippen molar-refractivity contribution in [2.24, 2.45) is 0 Å². The Morgan fingerprint density at radius 1 is 1.18 bits per heavy atom. The topological polar surface area (TPSA) is 9.23 Å². The first-order chi connectivity index (χ1) is 5.43. The molecular formula is C10H18O. The summed E-state index contributed by atoms with van der Waals surface area (Å²) in [6, 6.07) is 0. The van der Waals surface area contributed by atoms with E-state index >= 15 is 0 Å². The highest BCUT2D eigenvalue weighted by atomic mass is 16.5. The summed E-state index contributed by atoms with van der Waals surface area (Å²) in [4.78, 5) is 0. The fourth-order valence-electron chi connectivity index (χ4n) is 1.61. The van der Waals surface area contributed by atoms with Crippen molar-refractivity contribution in [1.82, 2.24) is 0 Å². The number of hydrogen-bond acceptors (Lipinski definition) is 1. The summed E-state index contributed by atoms with van der Waals surface area (Å²) in [5.41, 5.74) is 0. The summed E-state index contributed by atoms with van der Waals surface area (Å²) in [5, 5.41) is 0. The molecule has 0 aromatic heterocycles. The van der Waals surface area contributed by atoms with E-state index < -0.39 is 0 Å². The molecule has 0 saturated heterocycles. The van der Waals surface area contributed by atoms with Gasteiger partial charge in [-0.05, 0) is 12.8 Å². The normalized spacial score (nSPS) is 21.1. The molecule has 1 nitrogen and oxygen atoms in total. The Kier molecular flexibility index (Phi) is 4.29. The third kappa shape index (κ3) is 3.57. The molecule has 1 fully saturated rings. The molecule has 1 rings (SSSR count). The summed E-state index contributed by atoms with van der Waals surface area (Å²) in [5.74, 6) is 0. The zero-order chi connectivity index (χ0) is 7.94. The van der Waals surface area contributed by atoms with Crippen molar-refractivity contribution in [1.29, 1.82) is 0 Å². The van der Waals surface area contributed by atoms with Crippen molar-refractivity contribution in [3.8, 4) is 0 Å². The van der Waals surface area contributed by atoms with E-state index in [1.54, 1.807) is 0 Å². The zero-order valence-corrected chi connectivity index (χ0v) is 7.22. The van der Waals surface area contributed by atoms with E-state index in [9.17, 15) is 0 Å². The molecule has 0 spiro atoms. The Balaban J connectivity index is 2.14. The maximum atomic E-state index is 5.59. The Bertz CT molecular complexity index is 101. The Hall–Kier alpha value is -0.300. The second-order valence-electron chi connectivity index (χ2n) is 3.24. The molecule has 0 atom stereocenters. The summed E-state index contributed by atoms with van der Waals surface area (Å²) in [6.45, 7) is 4.37. The molecule has 1 heteroatoms. The van der Waals surface area contributed by atoms with Gasteiger partial charge in [-0.3, -0.25) is 0 Å². The monoisotopic (exact) mass is 154 g/mol. The maximum absolute atomic E-state index is 5.59. The smallest absolute Gasteiger partial charge is 0.0648 e. The van der Waals surface area contributed by atoms with Gasteiger partial charge in [-0.1, -0.05) is 31.8 Å². The fourth-order valence-corrected chi connectivity index (χ4v) is 1.61. The van der Waals surface area contributed by atoms with Crippen LogP contribution in [0.5, 0.6) is 0 Å². The van der Waals surface area contributed by atoms with Gasteiger partial charge in [0.25, 0.3) is 0 Å². The van der Waals surface area contributed by atoms with Gasteiger partial charge < -0.3 is 4.74 Å². The molecule has 0 aromatic carbocycles. The summed E-state index contributed by atoms with van der Waals surface area (Å²) < 4.78 is 5.59. The lowest BCUT2D eigenvalue weighted by Gasteiger charge is -2.13. The lowest BCUT2D eigenvalue weighted by molar-refractivity contribution is 0.0633. The molecule has 11 heavy (non-hydrogen) atoms. The van der Waals surface area contributed by atoms with Crippen LogP contribution in [0.3, 0.4) is 0 Å². The van der Waals surface area contributed by atoms with Gasteiger partial charge in [0, 0.05) is 0 Å². The lowest BCUT2D eigenvalue weighted by atomic mass is 10.1. The number of rotatable bonds is 3. The third-order valence-corrected chi connectivity index (χ3v) is 2.25. The molecule has 0 N–H and O–H groups in total. The minimum atomic E-state index is 0.524. The molecule has 0 amide bonds. The van der Waals surface area contributed by atoms with Crippen LogP contribution >= 0.6 is 0 Å². The fraction of sp³-hybridized carbons (Fsp3) is 0.800. The van der Waals surface area contributed by atoms with Gasteiger partial charge in [0.1, 0.15) is 0 Å². The van der Waals surface area contributed by atoms with Crippen LogP contribution in [0.4, 0.5) is 0 Å². The molecule has 0 aromatic rings. The molecule has 0 radical (unpaired) electrons. The van der Waals surface area contributed by atoms with E-state index in [-0.39, 0.29) is 0 Å². The van der Waals surface area contributed by atoms with Gasteiger partial charge in [-0.25, -0.2) is 0 Å². The molecule has 0 unspecified atom stereocenters. The average Bonchev–Trinajstić information content (AvgIpc) is 2.28. The van der Waals surface area contributed by atoms with Crippen LogP contribution < -0.4 is 0 Å². The molecule has 0 aliphatic heterocycles. The third-order valence-electron chi connectivity index (χ3n) is 2.25. The molecule has 0 heterocycles. The van der Waals surface area contributed by atoms with Crippen molar-refractivity contribution in [3.63, 3.8) is 0 Å².